The predicted octanol–water partition coefficient (Wildman–Crippen LogP) is 5.68. The van der Waals surface area contributed by atoms with Gasteiger partial charge in [0.25, 0.3) is 11.8 Å². The number of nitrogens with one attached hydrogen (secondary N) is 3. The SMILES string of the molecule is Cc1ccc(/C=C(\NC(=O)c2ccccc2)C(=O)Nc2cccc(SC(C)C(=O)Nc3nnc(C)s3)c2)cc1. The Balaban J connectivity index is 1.48. The molecule has 1 unspecified atom stereocenters. The summed E-state index contributed by atoms with van der Waals surface area (Å²) in [7, 11) is 0. The summed E-state index contributed by atoms with van der Waals surface area (Å²) in [6.45, 7) is 5.59. The lowest BCUT2D eigenvalue weighted by molar-refractivity contribution is -0.115. The summed E-state index contributed by atoms with van der Waals surface area (Å²) in [5, 5.41) is 17.0. The molecule has 1 atom stereocenters. The minimum absolute atomic E-state index is 0.103. The fraction of sp³-hybridized carbons (Fsp3) is 0.138. The van der Waals surface area contributed by atoms with Crippen molar-refractivity contribution in [1.82, 2.24) is 15.5 Å². The van der Waals surface area contributed by atoms with Gasteiger partial charge in [-0.05, 0) is 62.7 Å². The molecule has 4 aromatic rings. The Labute approximate surface area is 235 Å². The Bertz CT molecular complexity index is 1500. The Hall–Kier alpha value is -4.28. The molecule has 3 N–H and O–H groups in total. The zero-order chi connectivity index (χ0) is 27.8. The maximum atomic E-state index is 13.3. The van der Waals surface area contributed by atoms with Gasteiger partial charge in [-0.2, -0.15) is 0 Å². The van der Waals surface area contributed by atoms with Gasteiger partial charge in [-0.25, -0.2) is 0 Å². The lowest BCUT2D eigenvalue weighted by Crippen LogP contribution is -2.30. The van der Waals surface area contributed by atoms with Gasteiger partial charge in [0.1, 0.15) is 10.7 Å². The first-order chi connectivity index (χ1) is 18.8. The second-order valence-electron chi connectivity index (χ2n) is 8.65. The molecule has 3 amide bonds. The van der Waals surface area contributed by atoms with E-state index in [4.69, 9.17) is 0 Å². The minimum Gasteiger partial charge on any atom is -0.321 e. The molecule has 0 aliphatic heterocycles. The molecule has 0 radical (unpaired) electrons. The molecule has 0 fully saturated rings. The van der Waals surface area contributed by atoms with Gasteiger partial charge in [0.15, 0.2) is 0 Å². The number of hydrogen-bond acceptors (Lipinski definition) is 7. The van der Waals surface area contributed by atoms with Gasteiger partial charge in [0.05, 0.1) is 5.25 Å². The van der Waals surface area contributed by atoms with Crippen LogP contribution in [0.4, 0.5) is 10.8 Å². The molecule has 10 heteroatoms. The van der Waals surface area contributed by atoms with E-state index in [2.05, 4.69) is 26.1 Å². The van der Waals surface area contributed by atoms with E-state index in [1.807, 2.05) is 50.2 Å². The second-order valence-corrected chi connectivity index (χ2v) is 11.2. The van der Waals surface area contributed by atoms with Crippen LogP contribution in [0, 0.1) is 13.8 Å². The average molecular weight is 558 g/mol. The number of aryl methyl sites for hydroxylation is 2. The van der Waals surface area contributed by atoms with Crippen molar-refractivity contribution in [2.75, 3.05) is 10.6 Å². The van der Waals surface area contributed by atoms with Gasteiger partial charge in [-0.1, -0.05) is 65.4 Å². The summed E-state index contributed by atoms with van der Waals surface area (Å²) >= 11 is 2.66. The Morgan fingerprint density at radius 3 is 2.33 bits per heavy atom. The first-order valence-electron chi connectivity index (χ1n) is 12.1. The number of hydrogen-bond donors (Lipinski definition) is 3. The molecule has 4 rings (SSSR count). The topological polar surface area (TPSA) is 113 Å². The largest absolute Gasteiger partial charge is 0.321 e. The number of carbonyl (C=O) groups is 3. The third kappa shape index (κ3) is 8.10. The van der Waals surface area contributed by atoms with Crippen molar-refractivity contribution in [2.24, 2.45) is 0 Å². The standard InChI is InChI=1S/C29H27N5O3S2/c1-18-12-14-21(15-13-18)16-25(31-27(36)22-8-5-4-6-9-22)28(37)30-23-10-7-11-24(17-23)38-19(2)26(35)32-29-34-33-20(3)39-29/h4-17,19H,1-3H3,(H,30,37)(H,31,36)(H,32,34,35)/b25-16-. The first kappa shape index (κ1) is 27.7. The van der Waals surface area contributed by atoms with E-state index in [0.29, 0.717) is 16.4 Å². The summed E-state index contributed by atoms with van der Waals surface area (Å²) < 4.78 is 0. The Morgan fingerprint density at radius 2 is 1.64 bits per heavy atom. The van der Waals surface area contributed by atoms with Crippen LogP contribution in [-0.4, -0.2) is 33.2 Å². The number of carbonyl (C=O) groups excluding carboxylic acids is 3. The molecular formula is C29H27N5O3S2. The number of rotatable bonds is 9. The number of amides is 3. The summed E-state index contributed by atoms with van der Waals surface area (Å²) in [4.78, 5) is 39.5. The third-order valence-corrected chi connectivity index (χ3v) is 7.30. The third-order valence-electron chi connectivity index (χ3n) is 5.45. The number of aromatic nitrogens is 2. The van der Waals surface area contributed by atoms with Crippen LogP contribution >= 0.6 is 23.1 Å². The fourth-order valence-electron chi connectivity index (χ4n) is 3.43. The van der Waals surface area contributed by atoms with Gasteiger partial charge >= 0.3 is 0 Å². The highest BCUT2D eigenvalue weighted by Crippen LogP contribution is 2.27. The van der Waals surface area contributed by atoms with Crippen molar-refractivity contribution in [1.29, 1.82) is 0 Å². The monoisotopic (exact) mass is 557 g/mol. The van der Waals surface area contributed by atoms with Crippen LogP contribution in [0.5, 0.6) is 0 Å². The quantitative estimate of drug-likeness (QED) is 0.180. The van der Waals surface area contributed by atoms with Crippen LogP contribution in [-0.2, 0) is 9.59 Å². The van der Waals surface area contributed by atoms with Crippen LogP contribution in [0.2, 0.25) is 0 Å². The van der Waals surface area contributed by atoms with E-state index in [1.165, 1.54) is 23.1 Å². The van der Waals surface area contributed by atoms with Crippen LogP contribution in [0.1, 0.15) is 33.4 Å². The number of thioether (sulfide) groups is 1. The molecule has 8 nitrogen and oxygen atoms in total. The van der Waals surface area contributed by atoms with Gasteiger partial charge in [-0.15, -0.1) is 22.0 Å². The van der Waals surface area contributed by atoms with E-state index < -0.39 is 11.2 Å². The second kappa shape index (κ2) is 13.0. The van der Waals surface area contributed by atoms with E-state index in [9.17, 15) is 14.4 Å². The molecule has 0 aliphatic rings. The van der Waals surface area contributed by atoms with E-state index in [1.54, 1.807) is 55.5 Å². The highest BCUT2D eigenvalue weighted by molar-refractivity contribution is 8.00. The number of anilines is 2. The van der Waals surface area contributed by atoms with Gasteiger partial charge in [0.2, 0.25) is 11.0 Å². The van der Waals surface area contributed by atoms with Crippen molar-refractivity contribution in [2.45, 2.75) is 30.9 Å². The maximum absolute atomic E-state index is 13.3. The first-order valence-corrected chi connectivity index (χ1v) is 13.8. The van der Waals surface area contributed by atoms with E-state index >= 15 is 0 Å². The minimum atomic E-state index is -0.473. The molecule has 198 valence electrons. The number of benzene rings is 3. The predicted molar refractivity (Wildman–Crippen MR) is 157 cm³/mol. The lowest BCUT2D eigenvalue weighted by atomic mass is 10.1. The van der Waals surface area contributed by atoms with Crippen molar-refractivity contribution < 1.29 is 14.4 Å². The summed E-state index contributed by atoms with van der Waals surface area (Å²) in [6.07, 6.45) is 1.63. The van der Waals surface area contributed by atoms with Crippen molar-refractivity contribution in [3.05, 3.63) is 106 Å². The molecule has 1 aromatic heterocycles. The van der Waals surface area contributed by atoms with Crippen LogP contribution < -0.4 is 16.0 Å². The zero-order valence-electron chi connectivity index (χ0n) is 21.6. The lowest BCUT2D eigenvalue weighted by Gasteiger charge is -2.13. The smallest absolute Gasteiger partial charge is 0.272 e. The molecule has 0 saturated carbocycles. The zero-order valence-corrected chi connectivity index (χ0v) is 23.2. The van der Waals surface area contributed by atoms with Gasteiger partial charge in [-0.3, -0.25) is 19.7 Å². The summed E-state index contributed by atoms with van der Waals surface area (Å²) in [5.74, 6) is -1.06. The van der Waals surface area contributed by atoms with Crippen molar-refractivity contribution >= 4 is 57.7 Å². The van der Waals surface area contributed by atoms with E-state index in [0.717, 1.165) is 21.0 Å². The fourth-order valence-corrected chi connectivity index (χ4v) is 4.95. The van der Waals surface area contributed by atoms with Crippen LogP contribution in [0.15, 0.2) is 89.5 Å². The number of nitrogens with zero attached hydrogens (tertiary/aromatic N) is 2. The van der Waals surface area contributed by atoms with E-state index in [-0.39, 0.29) is 17.5 Å². The van der Waals surface area contributed by atoms with Gasteiger partial charge in [0, 0.05) is 16.1 Å². The maximum Gasteiger partial charge on any atom is 0.272 e. The average Bonchev–Trinajstić information content (AvgIpc) is 3.34. The van der Waals surface area contributed by atoms with Crippen LogP contribution in [0.25, 0.3) is 6.08 Å². The Morgan fingerprint density at radius 1 is 0.897 bits per heavy atom. The molecule has 0 saturated heterocycles. The highest BCUT2D eigenvalue weighted by Gasteiger charge is 2.18. The van der Waals surface area contributed by atoms with Crippen molar-refractivity contribution in [3.8, 4) is 0 Å². The molecule has 0 bridgehead atoms. The Kier molecular flexibility index (Phi) is 9.24. The van der Waals surface area contributed by atoms with Crippen LogP contribution in [0.3, 0.4) is 0 Å². The molecule has 0 spiro atoms. The molecule has 1 heterocycles. The molecule has 3 aromatic carbocycles. The summed E-state index contributed by atoms with van der Waals surface area (Å²) in [6, 6.07) is 23.5. The highest BCUT2D eigenvalue weighted by atomic mass is 32.2. The molecular weight excluding hydrogens is 530 g/mol. The van der Waals surface area contributed by atoms with Gasteiger partial charge < -0.3 is 10.6 Å². The molecule has 0 aliphatic carbocycles. The van der Waals surface area contributed by atoms with Crippen molar-refractivity contribution in [3.63, 3.8) is 0 Å². The summed E-state index contributed by atoms with van der Waals surface area (Å²) in [5.41, 5.74) is 2.93. The molecule has 39 heavy (non-hydrogen) atoms. The normalized spacial score (nSPS) is 11.9.